The molecule has 0 amide bonds. The molecule has 0 aliphatic carbocycles. The lowest BCUT2D eigenvalue weighted by molar-refractivity contribution is 0.411. The van der Waals surface area contributed by atoms with Crippen molar-refractivity contribution in [3.05, 3.63) is 47.1 Å². The van der Waals surface area contributed by atoms with Gasteiger partial charge in [0.15, 0.2) is 0 Å². The van der Waals surface area contributed by atoms with Gasteiger partial charge in [0.25, 0.3) is 0 Å². The van der Waals surface area contributed by atoms with Gasteiger partial charge in [-0.15, -0.1) is 0 Å². The average molecular weight is 412 g/mol. The van der Waals surface area contributed by atoms with Crippen molar-refractivity contribution < 1.29 is 0 Å². The van der Waals surface area contributed by atoms with Gasteiger partial charge in [-0.25, -0.2) is 10.4 Å². The standard InChI is InChI=1S/C20H38ClN7/c1-7-17(21)14-18(8-2)27-19(24-9-3)15-20(28(6)23-5)25-12-10-16(4)11-13-26-22/h8,10,12,14-16,23-24,26-27H,7,9,11,13,22H2,1-6H3/b12-10+,17-14+,18-8+,19-15?,25-20?. The van der Waals surface area contributed by atoms with E-state index in [0.717, 1.165) is 48.3 Å². The molecule has 1 atom stereocenters. The van der Waals surface area contributed by atoms with E-state index in [-0.39, 0.29) is 0 Å². The Morgan fingerprint density at radius 2 is 2.00 bits per heavy atom. The van der Waals surface area contributed by atoms with Gasteiger partial charge in [0.05, 0.1) is 0 Å². The summed E-state index contributed by atoms with van der Waals surface area (Å²) in [7, 11) is 3.77. The second kappa shape index (κ2) is 16.2. The lowest BCUT2D eigenvalue weighted by Gasteiger charge is -2.20. The molecule has 1 unspecified atom stereocenters. The Morgan fingerprint density at radius 1 is 1.29 bits per heavy atom. The van der Waals surface area contributed by atoms with Crippen LogP contribution in [0.2, 0.25) is 0 Å². The molecule has 0 saturated heterocycles. The number of halogens is 1. The summed E-state index contributed by atoms with van der Waals surface area (Å²) in [6.07, 6.45) is 11.5. The number of nitrogens with two attached hydrogens (primary N) is 1. The van der Waals surface area contributed by atoms with E-state index >= 15 is 0 Å². The third-order valence-electron chi connectivity index (χ3n) is 3.93. The Bertz CT molecular complexity index is 579. The molecule has 0 spiro atoms. The molecule has 0 rings (SSSR count). The van der Waals surface area contributed by atoms with E-state index in [1.807, 2.05) is 64.3 Å². The van der Waals surface area contributed by atoms with Crippen LogP contribution in [-0.2, 0) is 0 Å². The molecule has 0 aromatic rings. The summed E-state index contributed by atoms with van der Waals surface area (Å²) in [5.41, 5.74) is 6.68. The maximum absolute atomic E-state index is 6.19. The van der Waals surface area contributed by atoms with E-state index in [1.54, 1.807) is 0 Å². The largest absolute Gasteiger partial charge is 0.372 e. The zero-order chi connectivity index (χ0) is 21.4. The molecule has 0 fully saturated rings. The van der Waals surface area contributed by atoms with Gasteiger partial charge in [0.2, 0.25) is 0 Å². The number of hydrogen-bond acceptors (Lipinski definition) is 6. The zero-order valence-corrected chi connectivity index (χ0v) is 18.9. The molecular weight excluding hydrogens is 374 g/mol. The first-order chi connectivity index (χ1) is 13.4. The van der Waals surface area contributed by atoms with Crippen LogP contribution in [0.15, 0.2) is 52.0 Å². The number of hydrogen-bond donors (Lipinski definition) is 5. The number of hydrazine groups is 2. The summed E-state index contributed by atoms with van der Waals surface area (Å²) in [6, 6.07) is 0. The highest BCUT2D eigenvalue weighted by atomic mass is 35.5. The summed E-state index contributed by atoms with van der Waals surface area (Å²) in [6.45, 7) is 9.72. The molecular formula is C20H38ClN7. The van der Waals surface area contributed by atoms with Crippen LogP contribution >= 0.6 is 11.6 Å². The third-order valence-corrected chi connectivity index (χ3v) is 4.30. The van der Waals surface area contributed by atoms with Crippen LogP contribution in [-0.4, -0.2) is 38.0 Å². The van der Waals surface area contributed by atoms with E-state index in [2.05, 4.69) is 39.5 Å². The molecule has 0 aromatic heterocycles. The van der Waals surface area contributed by atoms with Gasteiger partial charge in [-0.1, -0.05) is 37.6 Å². The molecule has 0 radical (unpaired) electrons. The predicted molar refractivity (Wildman–Crippen MR) is 122 cm³/mol. The van der Waals surface area contributed by atoms with E-state index in [1.165, 1.54) is 0 Å². The van der Waals surface area contributed by atoms with Crippen LogP contribution in [0, 0.1) is 5.92 Å². The van der Waals surface area contributed by atoms with Crippen LogP contribution < -0.4 is 27.3 Å². The fourth-order valence-electron chi connectivity index (χ4n) is 2.08. The number of rotatable bonds is 13. The van der Waals surface area contributed by atoms with Gasteiger partial charge in [-0.05, 0) is 38.7 Å². The summed E-state index contributed by atoms with van der Waals surface area (Å²) in [5.74, 6) is 7.30. The number of allylic oxidation sites excluding steroid dienone is 4. The van der Waals surface area contributed by atoms with Crippen LogP contribution in [0.25, 0.3) is 0 Å². The number of aliphatic imine (C=N–C) groups is 1. The lowest BCUT2D eigenvalue weighted by Crippen LogP contribution is -2.37. The fourth-order valence-corrected chi connectivity index (χ4v) is 2.20. The van der Waals surface area contributed by atoms with Crippen molar-refractivity contribution in [1.29, 1.82) is 0 Å². The molecule has 6 N–H and O–H groups in total. The van der Waals surface area contributed by atoms with Crippen molar-refractivity contribution >= 4 is 17.4 Å². The third kappa shape index (κ3) is 11.8. The van der Waals surface area contributed by atoms with Crippen LogP contribution in [0.1, 0.15) is 40.5 Å². The second-order valence-electron chi connectivity index (χ2n) is 6.23. The Balaban J connectivity index is 5.55. The van der Waals surface area contributed by atoms with Crippen molar-refractivity contribution in [3.63, 3.8) is 0 Å². The smallest absolute Gasteiger partial charge is 0.146 e. The Hall–Kier alpha value is -1.80. The van der Waals surface area contributed by atoms with Gasteiger partial charge < -0.3 is 10.6 Å². The van der Waals surface area contributed by atoms with Gasteiger partial charge >= 0.3 is 0 Å². The van der Waals surface area contributed by atoms with Crippen molar-refractivity contribution in [2.45, 2.75) is 40.5 Å². The summed E-state index contributed by atoms with van der Waals surface area (Å²) >= 11 is 6.19. The molecule has 0 aromatic carbocycles. The molecule has 0 aliphatic rings. The second-order valence-corrected chi connectivity index (χ2v) is 6.72. The maximum atomic E-state index is 6.19. The van der Waals surface area contributed by atoms with E-state index in [9.17, 15) is 0 Å². The lowest BCUT2D eigenvalue weighted by atomic mass is 10.1. The van der Waals surface area contributed by atoms with E-state index in [0.29, 0.717) is 5.92 Å². The topological polar surface area (TPSA) is 89.7 Å². The Morgan fingerprint density at radius 3 is 2.54 bits per heavy atom. The van der Waals surface area contributed by atoms with Crippen molar-refractivity contribution in [1.82, 2.24) is 26.5 Å². The summed E-state index contributed by atoms with van der Waals surface area (Å²) < 4.78 is 0. The number of nitrogens with zero attached hydrogens (tertiary/aromatic N) is 2. The fraction of sp³-hybridized carbons (Fsp3) is 0.550. The van der Waals surface area contributed by atoms with Crippen LogP contribution in [0.3, 0.4) is 0 Å². The zero-order valence-electron chi connectivity index (χ0n) is 18.1. The first kappa shape index (κ1) is 26.2. The Labute approximate surface area is 175 Å². The van der Waals surface area contributed by atoms with Crippen molar-refractivity contribution in [2.75, 3.05) is 27.2 Å². The highest BCUT2D eigenvalue weighted by Gasteiger charge is 2.05. The SMILES string of the molecule is C/C=C(\C=C(\Cl)CC)NC(=CC(=N/C=C/C(C)CCNN)N(C)NC)NCC. The van der Waals surface area contributed by atoms with Gasteiger partial charge in [-0.2, -0.15) is 0 Å². The molecule has 160 valence electrons. The minimum absolute atomic E-state index is 0.382. The number of nitrogens with one attached hydrogen (secondary N) is 4. The first-order valence-corrected chi connectivity index (χ1v) is 10.1. The molecule has 8 heteroatoms. The highest BCUT2D eigenvalue weighted by molar-refractivity contribution is 6.29. The van der Waals surface area contributed by atoms with Gasteiger partial charge in [-0.3, -0.25) is 16.3 Å². The van der Waals surface area contributed by atoms with E-state index in [4.69, 9.17) is 17.4 Å². The quantitative estimate of drug-likeness (QED) is 0.105. The monoisotopic (exact) mass is 411 g/mol. The minimum Gasteiger partial charge on any atom is -0.372 e. The van der Waals surface area contributed by atoms with Crippen molar-refractivity contribution in [3.8, 4) is 0 Å². The van der Waals surface area contributed by atoms with Crippen molar-refractivity contribution in [2.24, 2.45) is 16.8 Å². The summed E-state index contributed by atoms with van der Waals surface area (Å²) in [4.78, 5) is 4.61. The van der Waals surface area contributed by atoms with Crippen LogP contribution in [0.4, 0.5) is 0 Å². The first-order valence-electron chi connectivity index (χ1n) is 9.75. The normalized spacial score (nSPS) is 15.1. The van der Waals surface area contributed by atoms with E-state index < -0.39 is 0 Å². The predicted octanol–water partition coefficient (Wildman–Crippen LogP) is 2.93. The summed E-state index contributed by atoms with van der Waals surface area (Å²) in [5, 5.41) is 9.35. The molecule has 7 nitrogen and oxygen atoms in total. The minimum atomic E-state index is 0.382. The molecule has 0 aliphatic heterocycles. The average Bonchev–Trinajstić information content (AvgIpc) is 2.69. The number of likely N-dealkylation sites (N-methyl/N-ethyl adjacent to an activating group) is 1. The maximum Gasteiger partial charge on any atom is 0.146 e. The highest BCUT2D eigenvalue weighted by Crippen LogP contribution is 2.10. The molecule has 0 bridgehead atoms. The molecule has 0 saturated carbocycles. The van der Waals surface area contributed by atoms with Gasteiger partial charge in [0.1, 0.15) is 11.7 Å². The van der Waals surface area contributed by atoms with Crippen LogP contribution in [0.5, 0.6) is 0 Å². The molecule has 28 heavy (non-hydrogen) atoms. The Kier molecular flexibility index (Phi) is 15.1. The number of amidine groups is 1. The van der Waals surface area contributed by atoms with Gasteiger partial charge in [0, 0.05) is 50.2 Å². The molecule has 0 heterocycles.